The van der Waals surface area contributed by atoms with Crippen LogP contribution in [-0.2, 0) is 0 Å². The van der Waals surface area contributed by atoms with E-state index in [0.717, 1.165) is 0 Å². The highest BCUT2D eigenvalue weighted by atomic mass is 79.9. The summed E-state index contributed by atoms with van der Waals surface area (Å²) in [6.45, 7) is -0.178. The molecule has 0 heterocycles. The Kier molecular flexibility index (Phi) is 7.15. The standard InChI is InChI=1S/C13H17BrF3NO2/c1-19-11-2-4-12(5-3-11)20-9-8-18(7-6-14)10-13(15,16)17/h2-5H,6-10H2,1H3. The number of hydrogen-bond acceptors (Lipinski definition) is 3. The Balaban J connectivity index is 2.39. The zero-order chi connectivity index (χ0) is 15.0. The van der Waals surface area contributed by atoms with Crippen molar-refractivity contribution >= 4 is 15.9 Å². The van der Waals surface area contributed by atoms with E-state index in [2.05, 4.69) is 15.9 Å². The molecular weight excluding hydrogens is 339 g/mol. The van der Waals surface area contributed by atoms with Crippen LogP contribution in [0.15, 0.2) is 24.3 Å². The van der Waals surface area contributed by atoms with Gasteiger partial charge in [0, 0.05) is 18.4 Å². The van der Waals surface area contributed by atoms with Crippen LogP contribution < -0.4 is 9.47 Å². The van der Waals surface area contributed by atoms with Crippen molar-refractivity contribution in [1.82, 2.24) is 4.90 Å². The largest absolute Gasteiger partial charge is 0.497 e. The van der Waals surface area contributed by atoms with Crippen molar-refractivity contribution in [1.29, 1.82) is 0 Å². The molecule has 3 nitrogen and oxygen atoms in total. The van der Waals surface area contributed by atoms with Gasteiger partial charge < -0.3 is 9.47 Å². The van der Waals surface area contributed by atoms with Crippen molar-refractivity contribution in [2.45, 2.75) is 6.18 Å². The molecule has 0 aliphatic heterocycles. The molecule has 0 unspecified atom stereocenters. The van der Waals surface area contributed by atoms with E-state index in [-0.39, 0.29) is 13.2 Å². The van der Waals surface area contributed by atoms with Crippen LogP contribution in [0.25, 0.3) is 0 Å². The highest BCUT2D eigenvalue weighted by Gasteiger charge is 2.30. The van der Waals surface area contributed by atoms with Gasteiger partial charge in [-0.2, -0.15) is 13.2 Å². The molecule has 0 N–H and O–H groups in total. The van der Waals surface area contributed by atoms with Gasteiger partial charge in [0.15, 0.2) is 0 Å². The molecule has 1 rings (SSSR count). The minimum atomic E-state index is -4.19. The Bertz CT molecular complexity index is 384. The van der Waals surface area contributed by atoms with E-state index in [4.69, 9.17) is 9.47 Å². The summed E-state index contributed by atoms with van der Waals surface area (Å²) in [6.07, 6.45) is -4.19. The fourth-order valence-corrected chi connectivity index (χ4v) is 2.11. The monoisotopic (exact) mass is 355 g/mol. The molecule has 0 amide bonds. The number of methoxy groups -OCH3 is 1. The van der Waals surface area contributed by atoms with Crippen molar-refractivity contribution in [2.75, 3.05) is 38.7 Å². The van der Waals surface area contributed by atoms with Crippen LogP contribution in [0.5, 0.6) is 11.5 Å². The minimum absolute atomic E-state index is 0.204. The Morgan fingerprint density at radius 2 is 1.70 bits per heavy atom. The Morgan fingerprint density at radius 1 is 1.10 bits per heavy atom. The van der Waals surface area contributed by atoms with Crippen molar-refractivity contribution < 1.29 is 22.6 Å². The van der Waals surface area contributed by atoms with E-state index in [1.807, 2.05) is 0 Å². The summed E-state index contributed by atoms with van der Waals surface area (Å²) in [5.74, 6) is 1.31. The summed E-state index contributed by atoms with van der Waals surface area (Å²) in [5, 5.41) is 0.492. The van der Waals surface area contributed by atoms with Gasteiger partial charge in [-0.05, 0) is 24.3 Å². The van der Waals surface area contributed by atoms with Crippen LogP contribution in [-0.4, -0.2) is 49.8 Å². The van der Waals surface area contributed by atoms with Crippen LogP contribution in [0.2, 0.25) is 0 Å². The molecule has 0 saturated heterocycles. The average molecular weight is 356 g/mol. The molecule has 0 fully saturated rings. The zero-order valence-corrected chi connectivity index (χ0v) is 12.7. The molecule has 0 spiro atoms. The van der Waals surface area contributed by atoms with Gasteiger partial charge in [0.25, 0.3) is 0 Å². The first-order chi connectivity index (χ1) is 9.44. The number of halogens is 4. The predicted octanol–water partition coefficient (Wildman–Crippen LogP) is 3.33. The van der Waals surface area contributed by atoms with Crippen molar-refractivity contribution in [3.05, 3.63) is 24.3 Å². The number of ether oxygens (including phenoxy) is 2. The maximum absolute atomic E-state index is 12.4. The van der Waals surface area contributed by atoms with Gasteiger partial charge in [0.05, 0.1) is 13.7 Å². The lowest BCUT2D eigenvalue weighted by molar-refractivity contribution is -0.145. The van der Waals surface area contributed by atoms with Gasteiger partial charge in [0.1, 0.15) is 18.1 Å². The molecule has 20 heavy (non-hydrogen) atoms. The maximum Gasteiger partial charge on any atom is 0.401 e. The lowest BCUT2D eigenvalue weighted by Crippen LogP contribution is -2.38. The maximum atomic E-state index is 12.4. The number of hydrogen-bond donors (Lipinski definition) is 0. The first-order valence-electron chi connectivity index (χ1n) is 6.06. The zero-order valence-electron chi connectivity index (χ0n) is 11.1. The molecule has 0 atom stereocenters. The fourth-order valence-electron chi connectivity index (χ4n) is 1.61. The normalized spacial score (nSPS) is 11.7. The molecular formula is C13H17BrF3NO2. The van der Waals surface area contributed by atoms with Crippen LogP contribution >= 0.6 is 15.9 Å². The second kappa shape index (κ2) is 8.36. The van der Waals surface area contributed by atoms with Crippen LogP contribution in [0.1, 0.15) is 0 Å². The quantitative estimate of drug-likeness (QED) is 0.667. The van der Waals surface area contributed by atoms with Crippen LogP contribution in [0.4, 0.5) is 13.2 Å². The summed E-state index contributed by atoms with van der Waals surface area (Å²) in [6, 6.07) is 6.91. The molecule has 0 aromatic heterocycles. The van der Waals surface area contributed by atoms with E-state index >= 15 is 0 Å². The molecule has 0 radical (unpaired) electrons. The van der Waals surface area contributed by atoms with Crippen LogP contribution in [0.3, 0.4) is 0 Å². The first kappa shape index (κ1) is 17.1. The smallest absolute Gasteiger partial charge is 0.401 e. The van der Waals surface area contributed by atoms with E-state index in [1.54, 1.807) is 31.4 Å². The lowest BCUT2D eigenvalue weighted by Gasteiger charge is -2.22. The van der Waals surface area contributed by atoms with Crippen molar-refractivity contribution in [3.63, 3.8) is 0 Å². The molecule has 114 valence electrons. The molecule has 0 aliphatic rings. The SMILES string of the molecule is COc1ccc(OCCN(CCBr)CC(F)(F)F)cc1. The highest BCUT2D eigenvalue weighted by molar-refractivity contribution is 9.09. The van der Waals surface area contributed by atoms with Crippen molar-refractivity contribution in [3.8, 4) is 11.5 Å². The predicted molar refractivity (Wildman–Crippen MR) is 74.8 cm³/mol. The molecule has 1 aromatic carbocycles. The molecule has 7 heteroatoms. The Labute approximate surface area is 124 Å². The summed E-state index contributed by atoms with van der Waals surface area (Å²) < 4.78 is 47.5. The van der Waals surface area contributed by atoms with Crippen molar-refractivity contribution in [2.24, 2.45) is 0 Å². The minimum Gasteiger partial charge on any atom is -0.497 e. The second-order valence-electron chi connectivity index (χ2n) is 4.10. The summed E-state index contributed by atoms with van der Waals surface area (Å²) >= 11 is 3.15. The topological polar surface area (TPSA) is 21.7 Å². The number of alkyl halides is 4. The van der Waals surface area contributed by atoms with E-state index in [0.29, 0.717) is 23.4 Å². The van der Waals surface area contributed by atoms with Gasteiger partial charge in [-0.25, -0.2) is 0 Å². The van der Waals surface area contributed by atoms with E-state index in [1.165, 1.54) is 4.90 Å². The Hall–Kier alpha value is -0.950. The highest BCUT2D eigenvalue weighted by Crippen LogP contribution is 2.18. The van der Waals surface area contributed by atoms with E-state index in [9.17, 15) is 13.2 Å². The van der Waals surface area contributed by atoms with Gasteiger partial charge in [-0.15, -0.1) is 0 Å². The lowest BCUT2D eigenvalue weighted by atomic mass is 10.3. The molecule has 1 aromatic rings. The third-order valence-corrected chi connectivity index (χ3v) is 2.89. The summed E-state index contributed by atoms with van der Waals surface area (Å²) in [7, 11) is 1.56. The van der Waals surface area contributed by atoms with Gasteiger partial charge >= 0.3 is 6.18 Å². The molecule has 0 aliphatic carbocycles. The fraction of sp³-hybridized carbons (Fsp3) is 0.538. The average Bonchev–Trinajstić information content (AvgIpc) is 2.38. The van der Waals surface area contributed by atoms with Gasteiger partial charge in [0.2, 0.25) is 0 Å². The number of nitrogens with zero attached hydrogens (tertiary/aromatic N) is 1. The van der Waals surface area contributed by atoms with Gasteiger partial charge in [-0.1, -0.05) is 15.9 Å². The second-order valence-corrected chi connectivity index (χ2v) is 4.90. The van der Waals surface area contributed by atoms with Gasteiger partial charge in [-0.3, -0.25) is 4.90 Å². The Morgan fingerprint density at radius 3 is 2.20 bits per heavy atom. The van der Waals surface area contributed by atoms with E-state index < -0.39 is 12.7 Å². The molecule has 0 bridgehead atoms. The number of rotatable bonds is 8. The third kappa shape index (κ3) is 7.00. The van der Waals surface area contributed by atoms with Crippen LogP contribution in [0, 0.1) is 0 Å². The first-order valence-corrected chi connectivity index (χ1v) is 7.18. The third-order valence-electron chi connectivity index (χ3n) is 2.54. The molecule has 0 saturated carbocycles. The summed E-state index contributed by atoms with van der Waals surface area (Å²) in [5.41, 5.74) is 0. The number of benzene rings is 1. The summed E-state index contributed by atoms with van der Waals surface area (Å²) in [4.78, 5) is 1.30.